The van der Waals surface area contributed by atoms with E-state index >= 15 is 0 Å². The summed E-state index contributed by atoms with van der Waals surface area (Å²) in [5.74, 6) is 2.46. The number of nitrogens with one attached hydrogen (secondary N) is 2. The highest BCUT2D eigenvalue weighted by Gasteiger charge is 2.11. The van der Waals surface area contributed by atoms with Crippen molar-refractivity contribution in [3.63, 3.8) is 0 Å². The second kappa shape index (κ2) is 11.5. The van der Waals surface area contributed by atoms with Crippen molar-refractivity contribution in [2.24, 2.45) is 4.99 Å². The standard InChI is InChI=1S/C24H27N7O.HI/c1-25-24(30(2)17-23-26-16-22(28-23)18-7-5-4-6-8-18)27-15-19-13-14-31(29-19)20-9-11-21(32-3)12-10-20;/h4-14,16H,15,17H2,1-3H3,(H,25,27)(H,26,28);1H. The third-order valence-electron chi connectivity index (χ3n) is 5.08. The zero-order chi connectivity index (χ0) is 22.3. The molecule has 0 saturated heterocycles. The third-order valence-corrected chi connectivity index (χ3v) is 5.08. The number of imidazole rings is 1. The van der Waals surface area contributed by atoms with Crippen molar-refractivity contribution >= 4 is 29.9 Å². The highest BCUT2D eigenvalue weighted by molar-refractivity contribution is 14.0. The smallest absolute Gasteiger partial charge is 0.194 e. The number of nitrogens with zero attached hydrogens (tertiary/aromatic N) is 5. The second-order valence-corrected chi connectivity index (χ2v) is 7.32. The Kier molecular flexibility index (Phi) is 8.47. The number of H-pyrrole nitrogens is 1. The van der Waals surface area contributed by atoms with E-state index in [1.165, 1.54) is 0 Å². The van der Waals surface area contributed by atoms with Crippen LogP contribution in [-0.4, -0.2) is 51.8 Å². The first-order valence-corrected chi connectivity index (χ1v) is 10.4. The molecule has 0 aliphatic heterocycles. The number of aliphatic imine (C=N–C) groups is 1. The number of rotatable bonds is 7. The van der Waals surface area contributed by atoms with E-state index in [9.17, 15) is 0 Å². The summed E-state index contributed by atoms with van der Waals surface area (Å²) in [6.07, 6.45) is 3.81. The van der Waals surface area contributed by atoms with Crippen LogP contribution in [0.3, 0.4) is 0 Å². The first-order valence-electron chi connectivity index (χ1n) is 10.4. The SMILES string of the molecule is CN=C(NCc1ccn(-c2ccc(OC)cc2)n1)N(C)Cc1ncc(-c2ccccc2)[nH]1.I. The fourth-order valence-electron chi connectivity index (χ4n) is 3.40. The molecule has 0 spiro atoms. The van der Waals surface area contributed by atoms with Crippen LogP contribution in [0.1, 0.15) is 11.5 Å². The lowest BCUT2D eigenvalue weighted by atomic mass is 10.2. The summed E-state index contributed by atoms with van der Waals surface area (Å²) in [6.45, 7) is 1.17. The lowest BCUT2D eigenvalue weighted by molar-refractivity contribution is 0.414. The Morgan fingerprint density at radius 2 is 1.88 bits per heavy atom. The van der Waals surface area contributed by atoms with Crippen molar-refractivity contribution in [2.75, 3.05) is 21.2 Å². The summed E-state index contributed by atoms with van der Waals surface area (Å²) in [4.78, 5) is 14.3. The van der Waals surface area contributed by atoms with Crippen LogP contribution in [0.5, 0.6) is 5.75 Å². The van der Waals surface area contributed by atoms with Gasteiger partial charge in [0.15, 0.2) is 5.96 Å². The second-order valence-electron chi connectivity index (χ2n) is 7.32. The molecule has 4 rings (SSSR count). The Bertz CT molecular complexity index is 1170. The molecule has 8 nitrogen and oxygen atoms in total. The number of hydrogen-bond acceptors (Lipinski definition) is 4. The number of benzene rings is 2. The first-order chi connectivity index (χ1) is 15.7. The Hall–Kier alpha value is -3.34. The van der Waals surface area contributed by atoms with Gasteiger partial charge in [-0.05, 0) is 35.9 Å². The lowest BCUT2D eigenvalue weighted by Gasteiger charge is -2.20. The number of aromatic nitrogens is 4. The molecule has 172 valence electrons. The van der Waals surface area contributed by atoms with Crippen LogP contribution >= 0.6 is 24.0 Å². The van der Waals surface area contributed by atoms with Gasteiger partial charge in [-0.3, -0.25) is 4.99 Å². The molecule has 0 unspecified atom stereocenters. The first kappa shape index (κ1) is 24.3. The maximum Gasteiger partial charge on any atom is 0.194 e. The molecule has 0 fully saturated rings. The summed E-state index contributed by atoms with van der Waals surface area (Å²) >= 11 is 0. The monoisotopic (exact) mass is 557 g/mol. The predicted octanol–water partition coefficient (Wildman–Crippen LogP) is 4.10. The van der Waals surface area contributed by atoms with Crippen molar-refractivity contribution in [1.29, 1.82) is 0 Å². The van der Waals surface area contributed by atoms with E-state index in [0.717, 1.165) is 40.2 Å². The average molecular weight is 557 g/mol. The van der Waals surface area contributed by atoms with Gasteiger partial charge in [0.2, 0.25) is 0 Å². The minimum Gasteiger partial charge on any atom is -0.497 e. The molecule has 0 atom stereocenters. The molecule has 2 N–H and O–H groups in total. The van der Waals surface area contributed by atoms with E-state index in [2.05, 4.69) is 37.5 Å². The van der Waals surface area contributed by atoms with Crippen molar-refractivity contribution in [1.82, 2.24) is 30.0 Å². The largest absolute Gasteiger partial charge is 0.497 e. The summed E-state index contributed by atoms with van der Waals surface area (Å²) in [5.41, 5.74) is 4.01. The van der Waals surface area contributed by atoms with Crippen molar-refractivity contribution in [3.05, 3.63) is 84.6 Å². The van der Waals surface area contributed by atoms with Gasteiger partial charge in [-0.25, -0.2) is 9.67 Å². The van der Waals surface area contributed by atoms with Crippen LogP contribution < -0.4 is 10.1 Å². The zero-order valence-corrected chi connectivity index (χ0v) is 21.2. The van der Waals surface area contributed by atoms with E-state index in [-0.39, 0.29) is 24.0 Å². The fraction of sp³-hybridized carbons (Fsp3) is 0.208. The maximum atomic E-state index is 5.21. The lowest BCUT2D eigenvalue weighted by Crippen LogP contribution is -2.38. The van der Waals surface area contributed by atoms with E-state index in [1.807, 2.05) is 77.6 Å². The highest BCUT2D eigenvalue weighted by atomic mass is 127. The Labute approximate surface area is 210 Å². The van der Waals surface area contributed by atoms with Gasteiger partial charge in [0.1, 0.15) is 11.6 Å². The summed E-state index contributed by atoms with van der Waals surface area (Å²) < 4.78 is 7.06. The minimum atomic E-state index is 0. The normalized spacial score (nSPS) is 11.1. The molecular weight excluding hydrogens is 529 g/mol. The van der Waals surface area contributed by atoms with E-state index < -0.39 is 0 Å². The van der Waals surface area contributed by atoms with Gasteiger partial charge in [0.05, 0.1) is 43.5 Å². The number of hydrogen-bond donors (Lipinski definition) is 2. The molecule has 0 aliphatic rings. The topological polar surface area (TPSA) is 83.4 Å². The number of halogens is 1. The molecule has 2 heterocycles. The molecule has 4 aromatic rings. The van der Waals surface area contributed by atoms with Crippen molar-refractivity contribution < 1.29 is 4.74 Å². The van der Waals surface area contributed by atoms with Gasteiger partial charge < -0.3 is 19.9 Å². The number of aromatic amines is 1. The molecule has 2 aromatic carbocycles. The quantitative estimate of drug-likeness (QED) is 0.203. The predicted molar refractivity (Wildman–Crippen MR) is 141 cm³/mol. The summed E-state index contributed by atoms with van der Waals surface area (Å²) in [5, 5.41) is 8.01. The van der Waals surface area contributed by atoms with Crippen LogP contribution in [0, 0.1) is 0 Å². The number of methoxy groups -OCH3 is 1. The van der Waals surface area contributed by atoms with Gasteiger partial charge >= 0.3 is 0 Å². The molecule has 9 heteroatoms. The molecule has 0 aliphatic carbocycles. The maximum absolute atomic E-state index is 5.21. The van der Waals surface area contributed by atoms with Crippen LogP contribution in [0.2, 0.25) is 0 Å². The Morgan fingerprint density at radius 1 is 1.12 bits per heavy atom. The van der Waals surface area contributed by atoms with Crippen LogP contribution in [0.25, 0.3) is 16.9 Å². The fourth-order valence-corrected chi connectivity index (χ4v) is 3.40. The Balaban J connectivity index is 0.00000306. The summed E-state index contributed by atoms with van der Waals surface area (Å²) in [7, 11) is 5.41. The van der Waals surface area contributed by atoms with Gasteiger partial charge in [-0.1, -0.05) is 30.3 Å². The van der Waals surface area contributed by atoms with E-state index in [1.54, 1.807) is 14.2 Å². The molecule has 0 saturated carbocycles. The third kappa shape index (κ3) is 6.13. The molecule has 0 radical (unpaired) electrons. The number of guanidine groups is 1. The Morgan fingerprint density at radius 3 is 2.58 bits per heavy atom. The number of ether oxygens (including phenoxy) is 1. The van der Waals surface area contributed by atoms with E-state index in [4.69, 9.17) is 4.74 Å². The van der Waals surface area contributed by atoms with Crippen LogP contribution in [0.15, 0.2) is 78.0 Å². The zero-order valence-electron chi connectivity index (χ0n) is 18.9. The minimum absolute atomic E-state index is 0. The van der Waals surface area contributed by atoms with Crippen molar-refractivity contribution in [2.45, 2.75) is 13.1 Å². The molecule has 0 amide bonds. The molecule has 33 heavy (non-hydrogen) atoms. The van der Waals surface area contributed by atoms with Gasteiger partial charge in [0.25, 0.3) is 0 Å². The molecule has 2 aromatic heterocycles. The average Bonchev–Trinajstić information content (AvgIpc) is 3.50. The van der Waals surface area contributed by atoms with Gasteiger partial charge in [0, 0.05) is 20.3 Å². The van der Waals surface area contributed by atoms with Gasteiger partial charge in [-0.15, -0.1) is 24.0 Å². The van der Waals surface area contributed by atoms with E-state index in [0.29, 0.717) is 13.1 Å². The van der Waals surface area contributed by atoms with Gasteiger partial charge in [-0.2, -0.15) is 5.10 Å². The van der Waals surface area contributed by atoms with Crippen LogP contribution in [-0.2, 0) is 13.1 Å². The van der Waals surface area contributed by atoms with Crippen LogP contribution in [0.4, 0.5) is 0 Å². The van der Waals surface area contributed by atoms with Crippen molar-refractivity contribution in [3.8, 4) is 22.7 Å². The summed E-state index contributed by atoms with van der Waals surface area (Å²) in [6, 6.07) is 19.9. The highest BCUT2D eigenvalue weighted by Crippen LogP contribution is 2.17. The molecule has 0 bridgehead atoms. The molecular formula is C24H28IN7O.